The molecule has 0 unspecified atom stereocenters. The van der Waals surface area contributed by atoms with Crippen LogP contribution in [0.4, 0.5) is 16.2 Å². The lowest BCUT2D eigenvalue weighted by atomic mass is 10.1. The number of carbonyl (C=O) groups excluding carboxylic acids is 4. The van der Waals surface area contributed by atoms with Gasteiger partial charge in [-0.2, -0.15) is 0 Å². The quantitative estimate of drug-likeness (QED) is 0.631. The van der Waals surface area contributed by atoms with Crippen molar-refractivity contribution in [3.05, 3.63) is 59.1 Å². The van der Waals surface area contributed by atoms with Gasteiger partial charge in [-0.05, 0) is 29.8 Å². The zero-order chi connectivity index (χ0) is 21.0. The van der Waals surface area contributed by atoms with E-state index in [-0.39, 0.29) is 18.9 Å². The number of anilines is 2. The molecule has 29 heavy (non-hydrogen) atoms. The van der Waals surface area contributed by atoms with Crippen LogP contribution in [0.25, 0.3) is 0 Å². The number of benzene rings is 2. The molecule has 2 aromatic rings. The normalized spacial score (nSPS) is 15.8. The standard InChI is InChI=1S/C20H19ClN4O4/c1-12(26)22-14-6-4-7-15(9-14)23-18(27)10-17-19(28)25(20(29)24-17)11-13-5-2-3-8-16(13)21/h2-9,17H,10-11H2,1H3,(H,22,26)(H,23,27)(H,24,29)/t17-/m1/s1. The predicted molar refractivity (Wildman–Crippen MR) is 108 cm³/mol. The molecular weight excluding hydrogens is 396 g/mol. The number of hydrogen-bond donors (Lipinski definition) is 3. The number of hydrogen-bond acceptors (Lipinski definition) is 4. The molecule has 0 aromatic heterocycles. The molecule has 0 aliphatic carbocycles. The highest BCUT2D eigenvalue weighted by Crippen LogP contribution is 2.21. The van der Waals surface area contributed by atoms with Crippen LogP contribution < -0.4 is 16.0 Å². The molecule has 9 heteroatoms. The number of halogens is 1. The second kappa shape index (κ2) is 8.74. The van der Waals surface area contributed by atoms with Crippen molar-refractivity contribution in [2.24, 2.45) is 0 Å². The van der Waals surface area contributed by atoms with Crippen LogP contribution >= 0.6 is 11.6 Å². The zero-order valence-electron chi connectivity index (χ0n) is 15.6. The van der Waals surface area contributed by atoms with E-state index in [4.69, 9.17) is 11.6 Å². The molecule has 1 aliphatic rings. The number of amides is 5. The van der Waals surface area contributed by atoms with Crippen LogP contribution in [0.2, 0.25) is 5.02 Å². The van der Waals surface area contributed by atoms with Crippen LogP contribution in [0.15, 0.2) is 48.5 Å². The van der Waals surface area contributed by atoms with Crippen LogP contribution in [-0.2, 0) is 20.9 Å². The third kappa shape index (κ3) is 5.11. The molecule has 1 heterocycles. The molecular formula is C20H19ClN4O4. The highest BCUT2D eigenvalue weighted by atomic mass is 35.5. The number of rotatable bonds is 6. The van der Waals surface area contributed by atoms with Crippen molar-refractivity contribution in [2.45, 2.75) is 25.9 Å². The van der Waals surface area contributed by atoms with E-state index < -0.39 is 23.9 Å². The Hall–Kier alpha value is -3.39. The summed E-state index contributed by atoms with van der Waals surface area (Å²) >= 11 is 6.09. The van der Waals surface area contributed by atoms with Gasteiger partial charge in [-0.3, -0.25) is 19.3 Å². The van der Waals surface area contributed by atoms with Crippen LogP contribution in [0, 0.1) is 0 Å². The van der Waals surface area contributed by atoms with Crippen molar-refractivity contribution in [3.8, 4) is 0 Å². The molecule has 3 rings (SSSR count). The van der Waals surface area contributed by atoms with E-state index >= 15 is 0 Å². The Morgan fingerprint density at radius 3 is 2.45 bits per heavy atom. The van der Waals surface area contributed by atoms with Crippen molar-refractivity contribution in [1.82, 2.24) is 10.2 Å². The lowest BCUT2D eigenvalue weighted by Gasteiger charge is -2.14. The van der Waals surface area contributed by atoms with Gasteiger partial charge in [0.05, 0.1) is 13.0 Å². The number of nitrogens with zero attached hydrogens (tertiary/aromatic N) is 1. The van der Waals surface area contributed by atoms with E-state index in [1.54, 1.807) is 48.5 Å². The second-order valence-corrected chi connectivity index (χ2v) is 6.94. The first-order valence-electron chi connectivity index (χ1n) is 8.86. The van der Waals surface area contributed by atoms with Gasteiger partial charge in [0.2, 0.25) is 11.8 Å². The van der Waals surface area contributed by atoms with Crippen LogP contribution in [0.1, 0.15) is 18.9 Å². The minimum Gasteiger partial charge on any atom is -0.326 e. The van der Waals surface area contributed by atoms with Crippen molar-refractivity contribution < 1.29 is 19.2 Å². The summed E-state index contributed by atoms with van der Waals surface area (Å²) in [5, 5.41) is 8.25. The molecule has 0 spiro atoms. The molecule has 1 saturated heterocycles. The van der Waals surface area contributed by atoms with Gasteiger partial charge in [-0.25, -0.2) is 4.79 Å². The summed E-state index contributed by atoms with van der Waals surface area (Å²) in [6.07, 6.45) is -0.214. The van der Waals surface area contributed by atoms with E-state index in [1.165, 1.54) is 6.92 Å². The maximum atomic E-state index is 12.6. The average Bonchev–Trinajstić information content (AvgIpc) is 2.90. The third-order valence-electron chi connectivity index (χ3n) is 4.25. The third-order valence-corrected chi connectivity index (χ3v) is 4.62. The van der Waals surface area contributed by atoms with Gasteiger partial charge in [-0.15, -0.1) is 0 Å². The first-order valence-corrected chi connectivity index (χ1v) is 9.24. The molecule has 1 aliphatic heterocycles. The Kier molecular flexibility index (Phi) is 6.13. The minimum absolute atomic E-state index is 0.0290. The summed E-state index contributed by atoms with van der Waals surface area (Å²) in [6.45, 7) is 1.41. The van der Waals surface area contributed by atoms with Gasteiger partial charge >= 0.3 is 6.03 Å². The molecule has 3 N–H and O–H groups in total. The molecule has 2 aromatic carbocycles. The minimum atomic E-state index is -0.955. The summed E-state index contributed by atoms with van der Waals surface area (Å²) in [5.74, 6) is -1.16. The predicted octanol–water partition coefficient (Wildman–Crippen LogP) is 2.75. The molecule has 1 fully saturated rings. The molecule has 5 amide bonds. The Morgan fingerprint density at radius 1 is 1.07 bits per heavy atom. The summed E-state index contributed by atoms with van der Waals surface area (Å²) in [4.78, 5) is 49.3. The Labute approximate surface area is 172 Å². The maximum absolute atomic E-state index is 12.6. The van der Waals surface area contributed by atoms with E-state index in [0.717, 1.165) is 4.90 Å². The van der Waals surface area contributed by atoms with Crippen molar-refractivity contribution in [2.75, 3.05) is 10.6 Å². The Balaban J connectivity index is 1.61. The summed E-state index contributed by atoms with van der Waals surface area (Å²) in [6, 6.07) is 12.0. The van der Waals surface area contributed by atoms with Crippen LogP contribution in [0.3, 0.4) is 0 Å². The molecule has 0 radical (unpaired) electrons. The van der Waals surface area contributed by atoms with Gasteiger partial charge in [0.25, 0.3) is 5.91 Å². The average molecular weight is 415 g/mol. The Bertz CT molecular complexity index is 978. The fraction of sp³-hybridized carbons (Fsp3) is 0.200. The van der Waals surface area contributed by atoms with Gasteiger partial charge < -0.3 is 16.0 Å². The first-order chi connectivity index (χ1) is 13.8. The molecule has 0 bridgehead atoms. The van der Waals surface area contributed by atoms with Crippen molar-refractivity contribution >= 4 is 46.7 Å². The SMILES string of the molecule is CC(=O)Nc1cccc(NC(=O)C[C@H]2NC(=O)N(Cc3ccccc3Cl)C2=O)c1. The largest absolute Gasteiger partial charge is 0.326 e. The van der Waals surface area contributed by atoms with E-state index in [9.17, 15) is 19.2 Å². The first kappa shape index (κ1) is 20.3. The maximum Gasteiger partial charge on any atom is 0.325 e. The number of urea groups is 1. The van der Waals surface area contributed by atoms with E-state index in [2.05, 4.69) is 16.0 Å². The lowest BCUT2D eigenvalue weighted by molar-refractivity contribution is -0.130. The molecule has 1 atom stereocenters. The van der Waals surface area contributed by atoms with Crippen molar-refractivity contribution in [1.29, 1.82) is 0 Å². The molecule has 150 valence electrons. The lowest BCUT2D eigenvalue weighted by Crippen LogP contribution is -2.34. The van der Waals surface area contributed by atoms with Gasteiger partial charge in [0, 0.05) is 23.3 Å². The van der Waals surface area contributed by atoms with E-state index in [1.807, 2.05) is 0 Å². The number of imide groups is 1. The van der Waals surface area contributed by atoms with E-state index in [0.29, 0.717) is 22.0 Å². The summed E-state index contributed by atoms with van der Waals surface area (Å²) < 4.78 is 0. The van der Waals surface area contributed by atoms with Gasteiger partial charge in [0.15, 0.2) is 0 Å². The molecule has 0 saturated carbocycles. The summed E-state index contributed by atoms with van der Waals surface area (Å²) in [5.41, 5.74) is 1.63. The van der Waals surface area contributed by atoms with Crippen LogP contribution in [-0.4, -0.2) is 34.7 Å². The second-order valence-electron chi connectivity index (χ2n) is 6.53. The smallest absolute Gasteiger partial charge is 0.325 e. The zero-order valence-corrected chi connectivity index (χ0v) is 16.3. The highest BCUT2D eigenvalue weighted by Gasteiger charge is 2.39. The Morgan fingerprint density at radius 2 is 1.76 bits per heavy atom. The number of nitrogens with one attached hydrogen (secondary N) is 3. The van der Waals surface area contributed by atoms with Crippen LogP contribution in [0.5, 0.6) is 0 Å². The fourth-order valence-corrected chi connectivity index (χ4v) is 3.13. The highest BCUT2D eigenvalue weighted by molar-refractivity contribution is 6.31. The summed E-state index contributed by atoms with van der Waals surface area (Å²) in [7, 11) is 0. The number of carbonyl (C=O) groups is 4. The van der Waals surface area contributed by atoms with Crippen molar-refractivity contribution in [3.63, 3.8) is 0 Å². The monoisotopic (exact) mass is 414 g/mol. The fourth-order valence-electron chi connectivity index (χ4n) is 2.94. The molecule has 8 nitrogen and oxygen atoms in total. The topological polar surface area (TPSA) is 108 Å². The van der Waals surface area contributed by atoms with Gasteiger partial charge in [0.1, 0.15) is 6.04 Å². The van der Waals surface area contributed by atoms with Gasteiger partial charge in [-0.1, -0.05) is 35.9 Å².